The zero-order valence-corrected chi connectivity index (χ0v) is 35.6. The summed E-state index contributed by atoms with van der Waals surface area (Å²) in [6, 6.07) is 24.5. The van der Waals surface area contributed by atoms with Gasteiger partial charge >= 0.3 is 30.4 Å². The average Bonchev–Trinajstić information content (AvgIpc) is 3.51. The van der Waals surface area contributed by atoms with E-state index in [9.17, 15) is 45.8 Å². The maximum atomic E-state index is 13.8. The van der Waals surface area contributed by atoms with Crippen molar-refractivity contribution < 1.29 is 65.6 Å². The van der Waals surface area contributed by atoms with Crippen LogP contribution in [0.15, 0.2) is 88.1 Å². The molecule has 1 saturated carbocycles. The quantitative estimate of drug-likeness (QED) is 0.0441. The summed E-state index contributed by atoms with van der Waals surface area (Å²) in [6.07, 6.45) is -2.37. The van der Waals surface area contributed by atoms with Gasteiger partial charge in [-0.2, -0.15) is 26.3 Å². The molecule has 0 spiro atoms. The normalized spacial score (nSPS) is 13.1. The second-order valence-corrected chi connectivity index (χ2v) is 15.3. The number of rotatable bonds is 15. The van der Waals surface area contributed by atoms with E-state index in [0.29, 0.717) is 44.5 Å². The predicted octanol–water partition coefficient (Wildman–Crippen LogP) is 8.22. The van der Waals surface area contributed by atoms with Crippen molar-refractivity contribution in [3.8, 4) is 5.75 Å². The Labute approximate surface area is 367 Å². The van der Waals surface area contributed by atoms with Crippen LogP contribution in [0.3, 0.4) is 0 Å². The van der Waals surface area contributed by atoms with Crippen LogP contribution in [-0.4, -0.2) is 105 Å². The van der Waals surface area contributed by atoms with E-state index in [-0.39, 0.29) is 29.9 Å². The molecule has 20 heteroatoms. The van der Waals surface area contributed by atoms with Crippen LogP contribution in [0.2, 0.25) is 0 Å². The number of aliphatic carboxylic acids is 2. The summed E-state index contributed by atoms with van der Waals surface area (Å²) in [5, 5.41) is 28.8. The van der Waals surface area contributed by atoms with E-state index < -0.39 is 30.4 Å². The number of hydrogen-bond donors (Lipinski definition) is 5. The van der Waals surface area contributed by atoms with Crippen molar-refractivity contribution in [1.29, 1.82) is 0 Å². The number of aromatic hydroxyl groups is 1. The highest BCUT2D eigenvalue weighted by Crippen LogP contribution is 2.26. The second kappa shape index (κ2) is 25.5. The molecular weight excluding hydrogens is 910 g/mol. The molecule has 0 aliphatic heterocycles. The molecule has 5 rings (SSSR count). The number of fused-ring (bicyclic) bond motifs is 1. The van der Waals surface area contributed by atoms with Crippen LogP contribution < -0.4 is 10.9 Å². The summed E-state index contributed by atoms with van der Waals surface area (Å²) < 4.78 is 70.3. The van der Waals surface area contributed by atoms with Gasteiger partial charge in [-0.05, 0) is 73.2 Å². The number of aromatic amines is 1. The fourth-order valence-electron chi connectivity index (χ4n) is 6.57. The number of carboxylic acids is 2. The Morgan fingerprint density at radius 3 is 1.98 bits per heavy atom. The van der Waals surface area contributed by atoms with Gasteiger partial charge < -0.3 is 40.2 Å². The summed E-state index contributed by atoms with van der Waals surface area (Å²) in [5.41, 5.74) is 3.09. The first kappa shape index (κ1) is 51.7. The zero-order valence-electron chi connectivity index (χ0n) is 34.0. The zero-order chi connectivity index (χ0) is 46.6. The topological polar surface area (TPSA) is 190 Å². The minimum atomic E-state index is -5.08. The highest BCUT2D eigenvalue weighted by atomic mass is 79.9. The number of amides is 2. The number of nitrogens with zero attached hydrogens (tertiary/aromatic N) is 2. The molecule has 3 aromatic carbocycles. The van der Waals surface area contributed by atoms with Gasteiger partial charge in [0, 0.05) is 54.6 Å². The number of carboxylic acid groups (broad SMARTS) is 2. The Hall–Kier alpha value is -5.63. The summed E-state index contributed by atoms with van der Waals surface area (Å²) in [6.45, 7) is 2.63. The number of hydrogen-bond acceptors (Lipinski definition) is 8. The molecule has 0 radical (unpaired) electrons. The average molecular weight is 960 g/mol. The van der Waals surface area contributed by atoms with Gasteiger partial charge in [0.1, 0.15) is 12.4 Å². The maximum absolute atomic E-state index is 13.8. The third kappa shape index (κ3) is 18.7. The lowest BCUT2D eigenvalue weighted by Gasteiger charge is -2.34. The fourth-order valence-corrected chi connectivity index (χ4v) is 7.02. The molecule has 5 N–H and O–H groups in total. The predicted molar refractivity (Wildman–Crippen MR) is 224 cm³/mol. The lowest BCUT2D eigenvalue weighted by Crippen LogP contribution is -2.47. The van der Waals surface area contributed by atoms with Gasteiger partial charge in [-0.25, -0.2) is 14.4 Å². The number of aromatic nitrogens is 1. The van der Waals surface area contributed by atoms with Gasteiger partial charge in [0.05, 0.1) is 5.52 Å². The lowest BCUT2D eigenvalue weighted by molar-refractivity contribution is -0.193. The van der Waals surface area contributed by atoms with Gasteiger partial charge in [0.25, 0.3) is 0 Å². The maximum Gasteiger partial charge on any atom is 0.490 e. The molecule has 0 atom stereocenters. The van der Waals surface area contributed by atoms with Gasteiger partial charge in [0.2, 0.25) is 11.5 Å². The van der Waals surface area contributed by atoms with Crippen LogP contribution >= 0.6 is 15.9 Å². The van der Waals surface area contributed by atoms with E-state index in [0.717, 1.165) is 59.6 Å². The van der Waals surface area contributed by atoms with Crippen LogP contribution in [0.5, 0.6) is 5.75 Å². The summed E-state index contributed by atoms with van der Waals surface area (Å²) in [4.78, 5) is 63.5. The largest absolute Gasteiger partial charge is 0.506 e. The molecule has 0 saturated heterocycles. The molecule has 2 amide bonds. The molecule has 1 aliphatic carbocycles. The number of benzene rings is 3. The molecule has 13 nitrogen and oxygen atoms in total. The van der Waals surface area contributed by atoms with Crippen LogP contribution in [0.25, 0.3) is 10.9 Å². The second-order valence-electron chi connectivity index (χ2n) is 14.4. The molecule has 1 fully saturated rings. The van der Waals surface area contributed by atoms with Gasteiger partial charge in [-0.15, -0.1) is 0 Å². The molecule has 1 aliphatic rings. The minimum Gasteiger partial charge on any atom is -0.506 e. The molecule has 4 aromatic rings. The number of H-pyrrole nitrogens is 1. The molecule has 1 aromatic heterocycles. The molecule has 1 heterocycles. The monoisotopic (exact) mass is 958 g/mol. The molecule has 0 bridgehead atoms. The van der Waals surface area contributed by atoms with E-state index in [2.05, 4.69) is 38.4 Å². The summed E-state index contributed by atoms with van der Waals surface area (Å²) >= 11 is 3.53. The Balaban J connectivity index is 0.000000650. The van der Waals surface area contributed by atoms with E-state index in [1.165, 1.54) is 24.5 Å². The van der Waals surface area contributed by atoms with E-state index in [4.69, 9.17) is 24.5 Å². The van der Waals surface area contributed by atoms with Crippen LogP contribution in [0.4, 0.5) is 31.1 Å². The van der Waals surface area contributed by atoms with Gasteiger partial charge in [-0.3, -0.25) is 9.59 Å². The number of alkyl halides is 6. The Morgan fingerprint density at radius 2 is 1.38 bits per heavy atom. The number of ether oxygens (including phenoxy) is 1. The van der Waals surface area contributed by atoms with Crippen molar-refractivity contribution >= 4 is 50.8 Å². The molecule has 63 heavy (non-hydrogen) atoms. The van der Waals surface area contributed by atoms with Gasteiger partial charge in [-0.1, -0.05) is 90.1 Å². The van der Waals surface area contributed by atoms with Crippen molar-refractivity contribution in [3.63, 3.8) is 0 Å². The van der Waals surface area contributed by atoms with Gasteiger partial charge in [0.15, 0.2) is 0 Å². The highest BCUT2D eigenvalue weighted by molar-refractivity contribution is 9.10. The molecule has 344 valence electrons. The minimum absolute atomic E-state index is 0.00393. The summed E-state index contributed by atoms with van der Waals surface area (Å²) in [5.74, 6) is -5.41. The number of nitrogens with one attached hydrogen (secondary N) is 2. The molecular formula is C43H49BrF6N4O9. The Morgan fingerprint density at radius 1 is 0.762 bits per heavy atom. The Kier molecular flexibility index (Phi) is 20.9. The number of carbonyl (C=O) groups is 4. The first-order valence-corrected chi connectivity index (χ1v) is 20.7. The third-order valence-corrected chi connectivity index (χ3v) is 10.2. The van der Waals surface area contributed by atoms with Crippen molar-refractivity contribution in [3.05, 3.63) is 110 Å². The molecule has 0 unspecified atom stereocenters. The number of halogens is 7. The SMILES string of the molecule is O=C(O)C(F)(F)F.O=C(O)C(F)(F)F.O=C(OCc1ccccc1)N(CCc1ccc(O)c2[nH]c(=O)ccc12)CCN(C(=O)CCNCCc1cccc(Br)c1)C1CCCCCC1. The number of carbonyl (C=O) groups excluding carboxylic acids is 2. The Bertz CT molecular complexity index is 2120. The van der Waals surface area contributed by atoms with Crippen LogP contribution in [-0.2, 0) is 38.6 Å². The number of pyridine rings is 1. The first-order chi connectivity index (χ1) is 29.8. The highest BCUT2D eigenvalue weighted by Gasteiger charge is 2.39. The van der Waals surface area contributed by atoms with Crippen molar-refractivity contribution in [2.45, 2.75) is 82.8 Å². The van der Waals surface area contributed by atoms with E-state index in [1.807, 2.05) is 53.4 Å². The number of phenolic OH excluding ortho intramolecular Hbond substituents is 1. The standard InChI is InChI=1S/C39H47BrN4O5.2C2HF3O2/c40-32-12-8-11-29(27-32)19-22-41-23-20-37(47)44(33-13-6-1-2-7-14-33)26-25-43(39(48)49-28-30-9-4-3-5-10-30)24-21-31-15-17-35(45)38-34(31)16-18-36(46)42-38;2*3-2(4,5)1(6)7/h3-5,8-12,15-18,27,33,41,45H,1-2,6-7,13-14,19-26,28H2,(H,42,46);2*(H,6,7). The van der Waals surface area contributed by atoms with Crippen molar-refractivity contribution in [2.24, 2.45) is 0 Å². The summed E-state index contributed by atoms with van der Waals surface area (Å²) in [7, 11) is 0. The van der Waals surface area contributed by atoms with E-state index >= 15 is 0 Å². The van der Waals surface area contributed by atoms with E-state index in [1.54, 1.807) is 17.0 Å². The number of phenols is 1. The van der Waals surface area contributed by atoms with Crippen molar-refractivity contribution in [1.82, 2.24) is 20.1 Å². The smallest absolute Gasteiger partial charge is 0.490 e. The fraction of sp³-hybridized carbons (Fsp3) is 0.419. The van der Waals surface area contributed by atoms with Crippen LogP contribution in [0.1, 0.15) is 61.6 Å². The lowest BCUT2D eigenvalue weighted by atomic mass is 10.0. The van der Waals surface area contributed by atoms with Crippen molar-refractivity contribution in [2.75, 3.05) is 32.7 Å². The first-order valence-electron chi connectivity index (χ1n) is 19.9. The van der Waals surface area contributed by atoms with Crippen LogP contribution in [0, 0.1) is 0 Å². The third-order valence-electron chi connectivity index (χ3n) is 9.75.